The predicted octanol–water partition coefficient (Wildman–Crippen LogP) is 3.25. The molecule has 5 heteroatoms. The summed E-state index contributed by atoms with van der Waals surface area (Å²) in [5.41, 5.74) is 0.924. The summed E-state index contributed by atoms with van der Waals surface area (Å²) < 4.78 is 6.30. The van der Waals surface area contributed by atoms with Crippen LogP contribution < -0.4 is 9.47 Å². The zero-order valence-electron chi connectivity index (χ0n) is 9.48. The molecule has 0 N–H and O–H groups in total. The first-order valence-electron chi connectivity index (χ1n) is 5.41. The van der Waals surface area contributed by atoms with Gasteiger partial charge in [0.05, 0.1) is 16.7 Å². The lowest BCUT2D eigenvalue weighted by Crippen LogP contribution is -2.25. The Hall–Kier alpha value is -1.45. The van der Waals surface area contributed by atoms with Gasteiger partial charge >= 0.3 is 0 Å². The number of rotatable bonds is 4. The van der Waals surface area contributed by atoms with E-state index in [2.05, 4.69) is 0 Å². The van der Waals surface area contributed by atoms with Crippen LogP contribution in [-0.4, -0.2) is 6.61 Å². The Morgan fingerprint density at radius 1 is 1.17 bits per heavy atom. The van der Waals surface area contributed by atoms with E-state index in [0.29, 0.717) is 28.8 Å². The monoisotopic (exact) mass is 283 g/mol. The van der Waals surface area contributed by atoms with Gasteiger partial charge in [-0.3, -0.25) is 0 Å². The Labute approximate surface area is 115 Å². The average Bonchev–Trinajstić information content (AvgIpc) is 2.34. The Morgan fingerprint density at radius 3 is 2.72 bits per heavy atom. The van der Waals surface area contributed by atoms with Gasteiger partial charge in [0.2, 0.25) is 0 Å². The predicted molar refractivity (Wildman–Crippen MR) is 71.1 cm³/mol. The quantitative estimate of drug-likeness (QED) is 0.638. The highest BCUT2D eigenvalue weighted by Gasteiger charge is 2.01. The van der Waals surface area contributed by atoms with Gasteiger partial charge in [-0.1, -0.05) is 23.2 Å². The van der Waals surface area contributed by atoms with Crippen LogP contribution in [0.1, 0.15) is 5.56 Å². The minimum absolute atomic E-state index is 0.464. The molecule has 0 unspecified atom stereocenters. The Balaban J connectivity index is 1.90. The lowest BCUT2D eigenvalue weighted by Gasteiger charge is -2.07. The fraction of sp³-hybridized carbons (Fsp3) is 0.154. The molecule has 0 spiro atoms. The molecule has 0 bridgehead atoms. The van der Waals surface area contributed by atoms with Gasteiger partial charge in [0.25, 0.3) is 0 Å². The number of pyridine rings is 1. The highest BCUT2D eigenvalue weighted by Crippen LogP contribution is 2.26. The minimum atomic E-state index is 0.464. The van der Waals surface area contributed by atoms with Crippen LogP contribution in [0.15, 0.2) is 42.7 Å². The van der Waals surface area contributed by atoms with Crippen molar-refractivity contribution < 1.29 is 9.47 Å². The van der Waals surface area contributed by atoms with Gasteiger partial charge in [-0.25, -0.2) is 0 Å². The van der Waals surface area contributed by atoms with Crippen LogP contribution in [0.3, 0.4) is 0 Å². The van der Waals surface area contributed by atoms with Crippen molar-refractivity contribution in [2.45, 2.75) is 6.42 Å². The molecule has 1 heterocycles. The van der Waals surface area contributed by atoms with Crippen LogP contribution in [0, 0.1) is 5.21 Å². The molecule has 0 fully saturated rings. The van der Waals surface area contributed by atoms with Crippen molar-refractivity contribution in [3.05, 3.63) is 63.5 Å². The summed E-state index contributed by atoms with van der Waals surface area (Å²) in [4.78, 5) is 0. The second kappa shape index (κ2) is 5.94. The van der Waals surface area contributed by atoms with Crippen molar-refractivity contribution in [3.8, 4) is 5.75 Å². The average molecular weight is 284 g/mol. The molecule has 18 heavy (non-hydrogen) atoms. The third-order valence-corrected chi connectivity index (χ3v) is 3.13. The molecule has 0 saturated heterocycles. The van der Waals surface area contributed by atoms with E-state index in [-0.39, 0.29) is 0 Å². The van der Waals surface area contributed by atoms with E-state index < -0.39 is 0 Å². The maximum Gasteiger partial charge on any atom is 0.183 e. The summed E-state index contributed by atoms with van der Waals surface area (Å²) in [6, 6.07) is 8.71. The largest absolute Gasteiger partial charge is 0.619 e. The number of halogens is 2. The smallest absolute Gasteiger partial charge is 0.183 e. The van der Waals surface area contributed by atoms with Gasteiger partial charge in [-0.15, -0.1) is 0 Å². The lowest BCUT2D eigenvalue weighted by atomic mass is 10.2. The topological polar surface area (TPSA) is 36.2 Å². The van der Waals surface area contributed by atoms with Gasteiger partial charge in [-0.05, 0) is 18.2 Å². The summed E-state index contributed by atoms with van der Waals surface area (Å²) in [5, 5.41) is 12.0. The summed E-state index contributed by atoms with van der Waals surface area (Å²) in [6.07, 6.45) is 3.63. The summed E-state index contributed by atoms with van der Waals surface area (Å²) in [7, 11) is 0. The van der Waals surface area contributed by atoms with Crippen LogP contribution in [0.4, 0.5) is 0 Å². The van der Waals surface area contributed by atoms with Crippen molar-refractivity contribution in [1.29, 1.82) is 0 Å². The van der Waals surface area contributed by atoms with Crippen molar-refractivity contribution >= 4 is 23.2 Å². The van der Waals surface area contributed by atoms with E-state index >= 15 is 0 Å². The number of nitrogens with zero attached hydrogens (tertiary/aromatic N) is 1. The molecule has 1 aromatic carbocycles. The summed E-state index contributed by atoms with van der Waals surface area (Å²) in [6.45, 7) is 0.474. The molecule has 94 valence electrons. The highest BCUT2D eigenvalue weighted by molar-refractivity contribution is 6.42. The highest BCUT2D eigenvalue weighted by atomic mass is 35.5. The molecule has 2 rings (SSSR count). The van der Waals surface area contributed by atoms with E-state index in [4.69, 9.17) is 27.9 Å². The summed E-state index contributed by atoms with van der Waals surface area (Å²) in [5.74, 6) is 0.662. The number of hydrogen-bond donors (Lipinski definition) is 0. The van der Waals surface area contributed by atoms with Gasteiger partial charge in [-0.2, -0.15) is 4.73 Å². The lowest BCUT2D eigenvalue weighted by molar-refractivity contribution is -0.605. The first kappa shape index (κ1) is 13.0. The van der Waals surface area contributed by atoms with Gasteiger partial charge in [0.1, 0.15) is 5.75 Å². The molecule has 0 atom stereocenters. The molecule has 1 aromatic heterocycles. The molecular weight excluding hydrogens is 273 g/mol. The standard InChI is InChI=1S/C13H11Cl2NO2/c14-12-4-3-11(8-13(12)15)18-7-5-10-2-1-6-16(17)9-10/h1-4,6,8-9H,5,7H2. The van der Waals surface area contributed by atoms with E-state index in [1.807, 2.05) is 6.07 Å². The molecule has 0 saturated carbocycles. The Morgan fingerprint density at radius 2 is 2.00 bits per heavy atom. The molecule has 0 aliphatic carbocycles. The SMILES string of the molecule is [O-][n+]1cccc(CCOc2ccc(Cl)c(Cl)c2)c1. The van der Waals surface area contributed by atoms with Crippen LogP contribution in [-0.2, 0) is 6.42 Å². The number of hydrogen-bond acceptors (Lipinski definition) is 2. The fourth-order valence-electron chi connectivity index (χ4n) is 1.50. The van der Waals surface area contributed by atoms with Crippen LogP contribution >= 0.6 is 23.2 Å². The molecular formula is C13H11Cl2NO2. The normalized spacial score (nSPS) is 10.3. The van der Waals surface area contributed by atoms with Crippen LogP contribution in [0.25, 0.3) is 0 Å². The van der Waals surface area contributed by atoms with E-state index in [1.165, 1.54) is 12.4 Å². The van der Waals surface area contributed by atoms with Crippen LogP contribution in [0.2, 0.25) is 10.0 Å². The number of aromatic nitrogens is 1. The third-order valence-electron chi connectivity index (χ3n) is 2.39. The van der Waals surface area contributed by atoms with Crippen molar-refractivity contribution in [2.24, 2.45) is 0 Å². The third kappa shape index (κ3) is 3.52. The molecule has 3 nitrogen and oxygen atoms in total. The molecule has 0 amide bonds. The van der Waals surface area contributed by atoms with E-state index in [9.17, 15) is 5.21 Å². The van der Waals surface area contributed by atoms with Gasteiger partial charge < -0.3 is 9.94 Å². The Kier molecular flexibility index (Phi) is 4.28. The maximum atomic E-state index is 11.0. The zero-order chi connectivity index (χ0) is 13.0. The molecule has 2 aromatic rings. The van der Waals surface area contributed by atoms with Crippen molar-refractivity contribution in [3.63, 3.8) is 0 Å². The van der Waals surface area contributed by atoms with Crippen LogP contribution in [0.5, 0.6) is 5.75 Å². The van der Waals surface area contributed by atoms with E-state index in [0.717, 1.165) is 10.3 Å². The molecule has 0 radical (unpaired) electrons. The van der Waals surface area contributed by atoms with Crippen molar-refractivity contribution in [2.75, 3.05) is 6.61 Å². The van der Waals surface area contributed by atoms with Gasteiger partial charge in [0.15, 0.2) is 12.4 Å². The zero-order valence-corrected chi connectivity index (χ0v) is 11.0. The number of ether oxygens (including phenoxy) is 1. The van der Waals surface area contributed by atoms with E-state index in [1.54, 1.807) is 24.3 Å². The van der Waals surface area contributed by atoms with Gasteiger partial charge in [0, 0.05) is 24.1 Å². The van der Waals surface area contributed by atoms with Crippen molar-refractivity contribution in [1.82, 2.24) is 0 Å². The number of benzene rings is 1. The molecule has 0 aliphatic rings. The second-order valence-corrected chi connectivity index (χ2v) is 4.56. The second-order valence-electron chi connectivity index (χ2n) is 3.75. The summed E-state index contributed by atoms with van der Waals surface area (Å²) >= 11 is 11.7. The molecule has 0 aliphatic heterocycles. The maximum absolute atomic E-state index is 11.0. The minimum Gasteiger partial charge on any atom is -0.619 e. The first-order chi connectivity index (χ1) is 8.65. The fourth-order valence-corrected chi connectivity index (χ4v) is 1.79. The Bertz CT molecular complexity index is 546. The first-order valence-corrected chi connectivity index (χ1v) is 6.16.